The topological polar surface area (TPSA) is 163 Å². The second kappa shape index (κ2) is 17.4. The zero-order valence-corrected chi connectivity index (χ0v) is 34.2. The number of carbonyl (C=O) groups excluding carboxylic acids is 5. The van der Waals surface area contributed by atoms with Crippen molar-refractivity contribution >= 4 is 52.5 Å². The molecule has 0 fully saturated rings. The minimum atomic E-state index is -0.607. The summed E-state index contributed by atoms with van der Waals surface area (Å²) in [4.78, 5) is 63.2. The Morgan fingerprint density at radius 3 is 1.53 bits per heavy atom. The number of hydrogen-bond acceptors (Lipinski definition) is 7. The summed E-state index contributed by atoms with van der Waals surface area (Å²) < 4.78 is 5.46. The highest BCUT2D eigenvalue weighted by Crippen LogP contribution is 2.41. The first kappa shape index (κ1) is 42.1. The molecule has 5 amide bonds. The highest BCUT2D eigenvalue weighted by molar-refractivity contribution is 5.96. The smallest absolute Gasteiger partial charge is 0.408 e. The molecule has 0 radical (unpaired) electrons. The van der Waals surface area contributed by atoms with E-state index in [0.717, 1.165) is 56.9 Å². The van der Waals surface area contributed by atoms with E-state index in [4.69, 9.17) is 10.5 Å². The Labute approximate surface area is 335 Å². The Hall–Kier alpha value is -6.01. The Morgan fingerprint density at radius 1 is 0.632 bits per heavy atom. The highest BCUT2D eigenvalue weighted by atomic mass is 16.6. The number of hydrogen-bond donors (Lipinski definition) is 4. The number of alkyl carbamates (subject to hydrolysis) is 1. The van der Waals surface area contributed by atoms with E-state index >= 15 is 0 Å². The summed E-state index contributed by atoms with van der Waals surface area (Å²) in [6.07, 6.45) is 0.818. The summed E-state index contributed by atoms with van der Waals surface area (Å²) in [6.45, 7) is 15.5. The van der Waals surface area contributed by atoms with Gasteiger partial charge >= 0.3 is 6.09 Å². The zero-order chi connectivity index (χ0) is 41.8. The molecule has 0 aromatic heterocycles. The van der Waals surface area contributed by atoms with E-state index in [0.29, 0.717) is 12.1 Å². The molecular formula is C45H54N6O6. The second-order valence-electron chi connectivity index (χ2n) is 15.8. The Kier molecular flexibility index (Phi) is 12.9. The van der Waals surface area contributed by atoms with Crippen LogP contribution in [0.5, 0.6) is 0 Å². The van der Waals surface area contributed by atoms with Gasteiger partial charge in [0.2, 0.25) is 23.6 Å². The molecule has 0 spiro atoms. The van der Waals surface area contributed by atoms with Crippen LogP contribution in [-0.2, 0) is 23.9 Å². The third-order valence-electron chi connectivity index (χ3n) is 9.80. The van der Waals surface area contributed by atoms with Gasteiger partial charge < -0.3 is 36.2 Å². The molecule has 0 aliphatic carbocycles. The molecule has 0 bridgehead atoms. The molecule has 4 atom stereocenters. The lowest BCUT2D eigenvalue weighted by molar-refractivity contribution is -0.118. The lowest BCUT2D eigenvalue weighted by atomic mass is 9.89. The summed E-state index contributed by atoms with van der Waals surface area (Å²) in [6, 6.07) is 26.7. The standard InChI is InChI=1S/C25H31N3O4.C20H23N3O2/c1-15-12-22(27-24(31)32-25(4,5)6)21-14-19(10-11-23(21)28(15)17(3)30)18-8-7-9-20(13-18)26-16(2)29;1-12-9-19(21)18-11-16(7-8-20(18)23(12)14(3)25)15-5-4-6-17(10-15)22-13(2)24/h7-11,13-15,22H,12H2,1-6H3,(H,26,29)(H,27,31);4-8,10-12,19H,9,21H2,1-3H3,(H,22,24). The van der Waals surface area contributed by atoms with Crippen LogP contribution < -0.4 is 31.5 Å². The summed E-state index contributed by atoms with van der Waals surface area (Å²) >= 11 is 0. The summed E-state index contributed by atoms with van der Waals surface area (Å²) in [5.74, 6) is -0.257. The van der Waals surface area contributed by atoms with E-state index < -0.39 is 11.7 Å². The number of amides is 5. The number of rotatable bonds is 5. The molecule has 12 nitrogen and oxygen atoms in total. The van der Waals surface area contributed by atoms with Crippen LogP contribution in [-0.4, -0.2) is 47.4 Å². The predicted molar refractivity (Wildman–Crippen MR) is 226 cm³/mol. The molecule has 4 aromatic carbocycles. The van der Waals surface area contributed by atoms with Crippen molar-refractivity contribution in [3.8, 4) is 22.3 Å². The SMILES string of the molecule is CC(=O)Nc1cccc(-c2ccc3c(c2)C(N)CC(C)N3C(C)=O)c1.CC(=O)Nc1cccc(-c2ccc3c(c2)C(NC(=O)OC(C)(C)C)CC(C)N3C(C)=O)c1. The van der Waals surface area contributed by atoms with E-state index in [9.17, 15) is 24.0 Å². The maximum atomic E-state index is 12.5. The minimum Gasteiger partial charge on any atom is -0.444 e. The van der Waals surface area contributed by atoms with E-state index in [1.807, 2.05) is 118 Å². The zero-order valence-electron chi connectivity index (χ0n) is 34.2. The Balaban J connectivity index is 0.000000224. The summed E-state index contributed by atoms with van der Waals surface area (Å²) in [5.41, 5.74) is 14.6. The Morgan fingerprint density at radius 2 is 1.07 bits per heavy atom. The first-order valence-electron chi connectivity index (χ1n) is 19.2. The molecule has 12 heteroatoms. The monoisotopic (exact) mass is 774 g/mol. The second-order valence-corrected chi connectivity index (χ2v) is 15.8. The van der Waals surface area contributed by atoms with Crippen molar-refractivity contribution in [3.63, 3.8) is 0 Å². The fraction of sp³-hybridized carbons (Fsp3) is 0.356. The van der Waals surface area contributed by atoms with Gasteiger partial charge in [-0.3, -0.25) is 19.2 Å². The van der Waals surface area contributed by atoms with Gasteiger partial charge in [-0.1, -0.05) is 36.4 Å². The van der Waals surface area contributed by atoms with Gasteiger partial charge in [0.25, 0.3) is 0 Å². The van der Waals surface area contributed by atoms with Crippen molar-refractivity contribution in [2.24, 2.45) is 5.73 Å². The van der Waals surface area contributed by atoms with Crippen LogP contribution >= 0.6 is 0 Å². The van der Waals surface area contributed by atoms with Crippen molar-refractivity contribution in [2.75, 3.05) is 20.4 Å². The first-order chi connectivity index (χ1) is 26.8. The number of anilines is 4. The van der Waals surface area contributed by atoms with Gasteiger partial charge in [-0.05, 0) is 129 Å². The largest absolute Gasteiger partial charge is 0.444 e. The maximum Gasteiger partial charge on any atom is 0.408 e. The van der Waals surface area contributed by atoms with Crippen LogP contribution in [0.25, 0.3) is 22.3 Å². The molecule has 6 rings (SSSR count). The third kappa shape index (κ3) is 10.4. The maximum absolute atomic E-state index is 12.5. The van der Waals surface area contributed by atoms with Gasteiger partial charge in [0.1, 0.15) is 5.60 Å². The van der Waals surface area contributed by atoms with Gasteiger partial charge in [-0.2, -0.15) is 0 Å². The number of nitrogens with zero attached hydrogens (tertiary/aromatic N) is 2. The number of nitrogens with one attached hydrogen (secondary N) is 3. The number of benzene rings is 4. The highest BCUT2D eigenvalue weighted by Gasteiger charge is 2.35. The number of nitrogens with two attached hydrogens (primary N) is 1. The summed E-state index contributed by atoms with van der Waals surface area (Å²) in [7, 11) is 0. The van der Waals surface area contributed by atoms with E-state index in [1.165, 1.54) is 13.8 Å². The average Bonchev–Trinajstić information content (AvgIpc) is 3.10. The van der Waals surface area contributed by atoms with Gasteiger partial charge in [0.05, 0.1) is 6.04 Å². The van der Waals surface area contributed by atoms with Gasteiger partial charge in [-0.25, -0.2) is 4.79 Å². The van der Waals surface area contributed by atoms with Crippen LogP contribution in [0.3, 0.4) is 0 Å². The molecule has 57 heavy (non-hydrogen) atoms. The predicted octanol–water partition coefficient (Wildman–Crippen LogP) is 8.48. The van der Waals surface area contributed by atoms with Crippen LogP contribution in [0.4, 0.5) is 27.5 Å². The van der Waals surface area contributed by atoms with Gasteiger partial charge in [-0.15, -0.1) is 0 Å². The molecule has 0 saturated carbocycles. The first-order valence-corrected chi connectivity index (χ1v) is 19.2. The molecular weight excluding hydrogens is 721 g/mol. The van der Waals surface area contributed by atoms with Gasteiger partial charge in [0.15, 0.2) is 0 Å². The van der Waals surface area contributed by atoms with Crippen molar-refractivity contribution in [1.82, 2.24) is 5.32 Å². The molecule has 2 aliphatic heterocycles. The van der Waals surface area contributed by atoms with Crippen molar-refractivity contribution < 1.29 is 28.7 Å². The lowest BCUT2D eigenvalue weighted by Gasteiger charge is -2.39. The van der Waals surface area contributed by atoms with Crippen LogP contribution in [0.2, 0.25) is 0 Å². The molecule has 300 valence electrons. The fourth-order valence-electron chi connectivity index (χ4n) is 7.64. The van der Waals surface area contributed by atoms with E-state index in [2.05, 4.69) is 22.0 Å². The molecule has 4 aromatic rings. The summed E-state index contributed by atoms with van der Waals surface area (Å²) in [5, 5.41) is 8.58. The third-order valence-corrected chi connectivity index (χ3v) is 9.80. The number of fused-ring (bicyclic) bond motifs is 2. The minimum absolute atomic E-state index is 0.0288. The molecule has 4 unspecified atom stereocenters. The molecule has 2 aliphatic rings. The molecule has 0 saturated heterocycles. The number of carbonyl (C=O) groups is 5. The van der Waals surface area contributed by atoms with Gasteiger partial charge in [0, 0.05) is 68.6 Å². The average molecular weight is 775 g/mol. The van der Waals surface area contributed by atoms with Crippen LogP contribution in [0, 0.1) is 0 Å². The van der Waals surface area contributed by atoms with Crippen molar-refractivity contribution in [1.29, 1.82) is 0 Å². The Bertz CT molecular complexity index is 2180. The van der Waals surface area contributed by atoms with E-state index in [1.54, 1.807) is 18.7 Å². The lowest BCUT2D eigenvalue weighted by Crippen LogP contribution is -2.46. The quantitative estimate of drug-likeness (QED) is 0.158. The van der Waals surface area contributed by atoms with E-state index in [-0.39, 0.29) is 47.8 Å². The van der Waals surface area contributed by atoms with Crippen LogP contribution in [0.1, 0.15) is 98.4 Å². The normalized spacial score (nSPS) is 18.5. The molecule has 2 heterocycles. The van der Waals surface area contributed by atoms with Crippen molar-refractivity contribution in [3.05, 3.63) is 96.1 Å². The van der Waals surface area contributed by atoms with Crippen molar-refractivity contribution in [2.45, 2.75) is 105 Å². The van der Waals surface area contributed by atoms with Crippen LogP contribution in [0.15, 0.2) is 84.9 Å². The number of ether oxygens (including phenoxy) is 1. The molecule has 5 N–H and O–H groups in total. The fourth-order valence-corrected chi connectivity index (χ4v) is 7.64.